The van der Waals surface area contributed by atoms with Crippen molar-refractivity contribution in [1.29, 1.82) is 0 Å². The number of halogens is 2. The van der Waals surface area contributed by atoms with Crippen LogP contribution in [-0.4, -0.2) is 5.91 Å². The van der Waals surface area contributed by atoms with Gasteiger partial charge in [-0.2, -0.15) is 0 Å². The van der Waals surface area contributed by atoms with Crippen molar-refractivity contribution in [1.82, 2.24) is 5.32 Å². The summed E-state index contributed by atoms with van der Waals surface area (Å²) in [6.45, 7) is 1.73. The standard InChI is InChI=1S/C15H14BrFN2O/c1-9(13-4-2-3-5-14(13)17)19-15(20)10-6-11(16)8-12(18)7-10/h2-9H,18H2,1H3,(H,19,20)/t9-/m1/s1. The Balaban J connectivity index is 2.17. The summed E-state index contributed by atoms with van der Waals surface area (Å²) in [5.41, 5.74) is 7.06. The van der Waals surface area contributed by atoms with E-state index in [4.69, 9.17) is 5.73 Å². The first-order valence-corrected chi connectivity index (χ1v) is 6.88. The molecular formula is C15H14BrFN2O. The van der Waals surface area contributed by atoms with E-state index in [9.17, 15) is 9.18 Å². The third kappa shape index (κ3) is 3.36. The molecule has 3 N–H and O–H groups in total. The number of nitrogens with one attached hydrogen (secondary N) is 1. The molecule has 1 amide bonds. The summed E-state index contributed by atoms with van der Waals surface area (Å²) in [4.78, 5) is 12.1. The van der Waals surface area contributed by atoms with Gasteiger partial charge in [0.25, 0.3) is 5.91 Å². The number of rotatable bonds is 3. The predicted octanol–water partition coefficient (Wildman–Crippen LogP) is 3.66. The van der Waals surface area contributed by atoms with Gasteiger partial charge in [0, 0.05) is 21.3 Å². The fourth-order valence-corrected chi connectivity index (χ4v) is 2.44. The maximum atomic E-state index is 13.6. The fraction of sp³-hybridized carbons (Fsp3) is 0.133. The SMILES string of the molecule is C[C@@H](NC(=O)c1cc(N)cc(Br)c1)c1ccccc1F. The molecule has 0 aliphatic heterocycles. The van der Waals surface area contributed by atoms with Gasteiger partial charge in [0.05, 0.1) is 6.04 Å². The largest absolute Gasteiger partial charge is 0.399 e. The molecule has 20 heavy (non-hydrogen) atoms. The third-order valence-corrected chi connectivity index (χ3v) is 3.36. The molecule has 0 saturated heterocycles. The van der Waals surface area contributed by atoms with Crippen molar-refractivity contribution in [2.75, 3.05) is 5.73 Å². The average molecular weight is 337 g/mol. The normalized spacial score (nSPS) is 11.9. The zero-order chi connectivity index (χ0) is 14.7. The van der Waals surface area contributed by atoms with Crippen LogP contribution in [0.15, 0.2) is 46.9 Å². The minimum Gasteiger partial charge on any atom is -0.399 e. The molecule has 0 spiro atoms. The van der Waals surface area contributed by atoms with Gasteiger partial charge in [0.15, 0.2) is 0 Å². The smallest absolute Gasteiger partial charge is 0.251 e. The van der Waals surface area contributed by atoms with Crippen LogP contribution in [0.4, 0.5) is 10.1 Å². The topological polar surface area (TPSA) is 55.1 Å². The number of anilines is 1. The molecule has 0 aliphatic carbocycles. The van der Waals surface area contributed by atoms with Crippen molar-refractivity contribution < 1.29 is 9.18 Å². The molecule has 0 aromatic heterocycles. The molecule has 2 rings (SSSR count). The van der Waals surface area contributed by atoms with Crippen LogP contribution in [0.3, 0.4) is 0 Å². The van der Waals surface area contributed by atoms with Crippen molar-refractivity contribution >= 4 is 27.5 Å². The summed E-state index contributed by atoms with van der Waals surface area (Å²) in [7, 11) is 0. The Kier molecular flexibility index (Phi) is 4.39. The van der Waals surface area contributed by atoms with E-state index in [1.165, 1.54) is 6.07 Å². The summed E-state index contributed by atoms with van der Waals surface area (Å²) in [5, 5.41) is 2.75. The molecule has 0 fully saturated rings. The highest BCUT2D eigenvalue weighted by molar-refractivity contribution is 9.10. The van der Waals surface area contributed by atoms with Gasteiger partial charge >= 0.3 is 0 Å². The molecule has 0 bridgehead atoms. The van der Waals surface area contributed by atoms with Gasteiger partial charge in [-0.25, -0.2) is 4.39 Å². The summed E-state index contributed by atoms with van der Waals surface area (Å²) in [5.74, 6) is -0.636. The Hall–Kier alpha value is -1.88. The van der Waals surface area contributed by atoms with Crippen LogP contribution < -0.4 is 11.1 Å². The summed E-state index contributed by atoms with van der Waals surface area (Å²) < 4.78 is 14.4. The van der Waals surface area contributed by atoms with Gasteiger partial charge in [-0.3, -0.25) is 4.79 Å². The number of nitrogen functional groups attached to an aromatic ring is 1. The van der Waals surface area contributed by atoms with E-state index >= 15 is 0 Å². The lowest BCUT2D eigenvalue weighted by molar-refractivity contribution is 0.0939. The van der Waals surface area contributed by atoms with E-state index in [-0.39, 0.29) is 11.7 Å². The summed E-state index contributed by atoms with van der Waals surface area (Å²) in [6.07, 6.45) is 0. The molecule has 2 aromatic rings. The number of carbonyl (C=O) groups is 1. The van der Waals surface area contributed by atoms with Crippen LogP contribution in [0.1, 0.15) is 28.9 Å². The van der Waals surface area contributed by atoms with Gasteiger partial charge in [-0.15, -0.1) is 0 Å². The number of nitrogens with two attached hydrogens (primary N) is 1. The quantitative estimate of drug-likeness (QED) is 0.840. The van der Waals surface area contributed by atoms with Gasteiger partial charge in [-0.05, 0) is 31.2 Å². The molecule has 5 heteroatoms. The number of hydrogen-bond donors (Lipinski definition) is 2. The van der Waals surface area contributed by atoms with E-state index in [1.54, 1.807) is 43.3 Å². The number of hydrogen-bond acceptors (Lipinski definition) is 2. The maximum absolute atomic E-state index is 13.6. The minimum atomic E-state index is -0.427. The molecule has 2 aromatic carbocycles. The number of benzene rings is 2. The predicted molar refractivity (Wildman–Crippen MR) is 80.8 cm³/mol. The summed E-state index contributed by atoms with van der Waals surface area (Å²) >= 11 is 3.28. The van der Waals surface area contributed by atoms with Crippen molar-refractivity contribution in [2.45, 2.75) is 13.0 Å². The molecule has 0 aliphatic rings. The lowest BCUT2D eigenvalue weighted by atomic mass is 10.1. The highest BCUT2D eigenvalue weighted by Gasteiger charge is 2.14. The van der Waals surface area contributed by atoms with E-state index in [0.717, 1.165) is 4.47 Å². The third-order valence-electron chi connectivity index (χ3n) is 2.90. The van der Waals surface area contributed by atoms with Gasteiger partial charge in [-0.1, -0.05) is 34.1 Å². The second-order valence-electron chi connectivity index (χ2n) is 4.49. The Morgan fingerprint density at radius 1 is 1.30 bits per heavy atom. The first kappa shape index (κ1) is 14.5. The van der Waals surface area contributed by atoms with Crippen molar-refractivity contribution in [3.05, 3.63) is 63.9 Å². The molecule has 0 heterocycles. The lowest BCUT2D eigenvalue weighted by Gasteiger charge is -2.15. The van der Waals surface area contributed by atoms with Crippen molar-refractivity contribution in [3.63, 3.8) is 0 Å². The van der Waals surface area contributed by atoms with E-state index in [2.05, 4.69) is 21.2 Å². The van der Waals surface area contributed by atoms with Crippen LogP contribution in [0.25, 0.3) is 0 Å². The Bertz CT molecular complexity index is 625. The Morgan fingerprint density at radius 3 is 2.65 bits per heavy atom. The molecule has 104 valence electrons. The van der Waals surface area contributed by atoms with Crippen molar-refractivity contribution in [3.8, 4) is 0 Å². The van der Waals surface area contributed by atoms with Crippen molar-refractivity contribution in [2.24, 2.45) is 0 Å². The van der Waals surface area contributed by atoms with E-state index in [0.29, 0.717) is 16.8 Å². The van der Waals surface area contributed by atoms with Gasteiger partial charge in [0.1, 0.15) is 5.82 Å². The van der Waals surface area contributed by atoms with Gasteiger partial charge in [0.2, 0.25) is 0 Å². The van der Waals surface area contributed by atoms with E-state index in [1.807, 2.05) is 0 Å². The van der Waals surface area contributed by atoms with Crippen LogP contribution in [-0.2, 0) is 0 Å². The molecule has 0 radical (unpaired) electrons. The molecule has 1 atom stereocenters. The highest BCUT2D eigenvalue weighted by atomic mass is 79.9. The second kappa shape index (κ2) is 6.05. The number of amides is 1. The van der Waals surface area contributed by atoms with Crippen LogP contribution >= 0.6 is 15.9 Å². The molecule has 0 unspecified atom stereocenters. The van der Waals surface area contributed by atoms with Gasteiger partial charge < -0.3 is 11.1 Å². The lowest BCUT2D eigenvalue weighted by Crippen LogP contribution is -2.27. The minimum absolute atomic E-state index is 0.297. The zero-order valence-corrected chi connectivity index (χ0v) is 12.4. The highest BCUT2D eigenvalue weighted by Crippen LogP contribution is 2.20. The van der Waals surface area contributed by atoms with Crippen LogP contribution in [0.5, 0.6) is 0 Å². The maximum Gasteiger partial charge on any atom is 0.251 e. The molecular weight excluding hydrogens is 323 g/mol. The Morgan fingerprint density at radius 2 is 2.00 bits per heavy atom. The average Bonchev–Trinajstić information content (AvgIpc) is 2.37. The molecule has 0 saturated carbocycles. The first-order valence-electron chi connectivity index (χ1n) is 6.08. The molecule has 3 nitrogen and oxygen atoms in total. The van der Waals surface area contributed by atoms with E-state index < -0.39 is 6.04 Å². The van der Waals surface area contributed by atoms with Crippen LogP contribution in [0, 0.1) is 5.82 Å². The fourth-order valence-electron chi connectivity index (χ4n) is 1.93. The zero-order valence-electron chi connectivity index (χ0n) is 10.9. The first-order chi connectivity index (χ1) is 9.47. The Labute approximate surface area is 125 Å². The summed E-state index contributed by atoms with van der Waals surface area (Å²) in [6, 6.07) is 10.9. The van der Waals surface area contributed by atoms with Crippen LogP contribution in [0.2, 0.25) is 0 Å². The number of carbonyl (C=O) groups excluding carboxylic acids is 1. The monoisotopic (exact) mass is 336 g/mol. The second-order valence-corrected chi connectivity index (χ2v) is 5.41.